The van der Waals surface area contributed by atoms with Gasteiger partial charge in [0.2, 0.25) is 0 Å². The van der Waals surface area contributed by atoms with Crippen LogP contribution in [0.4, 0.5) is 0 Å². The number of carbonyl (C=O) groups is 3. The number of esters is 3. The second-order valence-corrected chi connectivity index (χ2v) is 21.7. The molecule has 0 saturated carbocycles. The van der Waals surface area contributed by atoms with Gasteiger partial charge in [-0.1, -0.05) is 304 Å². The fourth-order valence-corrected chi connectivity index (χ4v) is 9.37. The molecule has 0 radical (unpaired) electrons. The number of ether oxygens (including phenoxy) is 3. The van der Waals surface area contributed by atoms with E-state index < -0.39 is 6.10 Å². The largest absolute Gasteiger partial charge is 0.462 e. The molecule has 0 spiro atoms. The maximum absolute atomic E-state index is 12.9. The lowest BCUT2D eigenvalue weighted by atomic mass is 9.99. The minimum Gasteiger partial charge on any atom is -0.462 e. The van der Waals surface area contributed by atoms with Crippen LogP contribution in [-0.4, -0.2) is 37.2 Å². The molecule has 6 heteroatoms. The van der Waals surface area contributed by atoms with Gasteiger partial charge in [-0.2, -0.15) is 0 Å². The second-order valence-electron chi connectivity index (χ2n) is 21.7. The summed E-state index contributed by atoms with van der Waals surface area (Å²) >= 11 is 0. The first-order chi connectivity index (χ1) is 32.8. The lowest BCUT2D eigenvalue weighted by Crippen LogP contribution is -2.30. The number of rotatable bonds is 55. The summed E-state index contributed by atoms with van der Waals surface area (Å²) in [5.74, 6) is 0.919. The van der Waals surface area contributed by atoms with Crippen molar-refractivity contribution >= 4 is 17.9 Å². The summed E-state index contributed by atoms with van der Waals surface area (Å²) in [5.41, 5.74) is 0. The molecule has 2 atom stereocenters. The van der Waals surface area contributed by atoms with Gasteiger partial charge in [0.15, 0.2) is 6.10 Å². The first kappa shape index (κ1) is 65.4. The van der Waals surface area contributed by atoms with Crippen LogP contribution in [0.1, 0.15) is 343 Å². The van der Waals surface area contributed by atoms with Crippen molar-refractivity contribution < 1.29 is 28.6 Å². The van der Waals surface area contributed by atoms with Gasteiger partial charge in [0.1, 0.15) is 13.2 Å². The van der Waals surface area contributed by atoms with Crippen LogP contribution in [0.5, 0.6) is 0 Å². The molecule has 0 rings (SSSR count). The van der Waals surface area contributed by atoms with Crippen molar-refractivity contribution in [3.63, 3.8) is 0 Å². The Morgan fingerprint density at radius 2 is 0.567 bits per heavy atom. The zero-order chi connectivity index (χ0) is 48.9. The summed E-state index contributed by atoms with van der Waals surface area (Å²) in [6.07, 6.45) is 58.2. The summed E-state index contributed by atoms with van der Waals surface area (Å²) < 4.78 is 16.9. The normalized spacial score (nSPS) is 12.4. The molecule has 0 aliphatic heterocycles. The Morgan fingerprint density at radius 1 is 0.313 bits per heavy atom. The average Bonchev–Trinajstić information content (AvgIpc) is 3.31. The molecule has 1 unspecified atom stereocenters. The highest BCUT2D eigenvalue weighted by atomic mass is 16.6. The molecule has 0 aromatic rings. The van der Waals surface area contributed by atoms with Gasteiger partial charge in [-0.15, -0.1) is 0 Å². The molecule has 67 heavy (non-hydrogen) atoms. The maximum Gasteiger partial charge on any atom is 0.306 e. The molecule has 6 nitrogen and oxygen atoms in total. The van der Waals surface area contributed by atoms with Crippen LogP contribution in [0.3, 0.4) is 0 Å². The highest BCUT2D eigenvalue weighted by Gasteiger charge is 2.19. The summed E-state index contributed by atoms with van der Waals surface area (Å²) in [4.78, 5) is 38.1. The molecule has 0 N–H and O–H groups in total. The van der Waals surface area contributed by atoms with Crippen molar-refractivity contribution in [1.82, 2.24) is 0 Å². The first-order valence-electron chi connectivity index (χ1n) is 30.3. The van der Waals surface area contributed by atoms with Gasteiger partial charge < -0.3 is 14.2 Å². The van der Waals surface area contributed by atoms with E-state index in [1.807, 2.05) is 0 Å². The number of carbonyl (C=O) groups excluding carboxylic acids is 3. The van der Waals surface area contributed by atoms with Crippen molar-refractivity contribution in [2.45, 2.75) is 349 Å². The van der Waals surface area contributed by atoms with Gasteiger partial charge in [0.05, 0.1) is 0 Å². The third-order valence-electron chi connectivity index (χ3n) is 14.3. The Bertz CT molecular complexity index is 1030. The van der Waals surface area contributed by atoms with Crippen LogP contribution in [0.2, 0.25) is 0 Å². The number of hydrogen-bond acceptors (Lipinski definition) is 6. The summed E-state index contributed by atoms with van der Waals surface area (Å²) in [6, 6.07) is 0. The Morgan fingerprint density at radius 3 is 0.851 bits per heavy atom. The van der Waals surface area contributed by atoms with Crippen molar-refractivity contribution in [3.8, 4) is 0 Å². The maximum atomic E-state index is 12.9. The van der Waals surface area contributed by atoms with Crippen LogP contribution in [-0.2, 0) is 28.6 Å². The molecule has 0 aliphatic rings. The molecule has 0 fully saturated rings. The molecule has 0 bridgehead atoms. The van der Waals surface area contributed by atoms with Crippen molar-refractivity contribution in [2.75, 3.05) is 13.2 Å². The molecule has 0 aromatic heterocycles. The van der Waals surface area contributed by atoms with E-state index in [9.17, 15) is 14.4 Å². The minimum atomic E-state index is -0.762. The molecule has 0 amide bonds. The smallest absolute Gasteiger partial charge is 0.306 e. The first-order valence-corrected chi connectivity index (χ1v) is 30.3. The lowest BCUT2D eigenvalue weighted by Gasteiger charge is -2.18. The SMILES string of the molecule is CCCCCCCCCCCC(=O)OC[C@H](COC(=O)CCCCCCCCCCCCCCCCCC(C)C)OC(=O)CCCCCCCCCCCCCCCCCCCCC(C)CC. The standard InChI is InChI=1S/C61H118O6/c1-6-8-9-10-11-29-36-41-46-51-59(62)65-54-58(55-66-60(63)52-47-42-37-32-27-23-20-16-17-21-25-30-34-39-44-49-56(3)4)67-61(64)53-48-43-38-33-28-24-19-15-13-12-14-18-22-26-31-35-40-45-50-57(5)7-2/h56-58H,6-55H2,1-5H3/t57?,58-/m1/s1. The van der Waals surface area contributed by atoms with E-state index in [-0.39, 0.29) is 31.1 Å². The third-order valence-corrected chi connectivity index (χ3v) is 14.3. The highest BCUT2D eigenvalue weighted by Crippen LogP contribution is 2.19. The average molecular weight is 948 g/mol. The van der Waals surface area contributed by atoms with Gasteiger partial charge in [0.25, 0.3) is 0 Å². The van der Waals surface area contributed by atoms with E-state index in [0.29, 0.717) is 19.3 Å². The van der Waals surface area contributed by atoms with Crippen molar-refractivity contribution in [2.24, 2.45) is 11.8 Å². The third kappa shape index (κ3) is 53.6. The van der Waals surface area contributed by atoms with Crippen LogP contribution < -0.4 is 0 Å². The van der Waals surface area contributed by atoms with Crippen LogP contribution in [0.25, 0.3) is 0 Å². The fourth-order valence-electron chi connectivity index (χ4n) is 9.37. The fraction of sp³-hybridized carbons (Fsp3) is 0.951. The minimum absolute atomic E-state index is 0.0625. The van der Waals surface area contributed by atoms with E-state index in [2.05, 4.69) is 34.6 Å². The Hall–Kier alpha value is -1.59. The summed E-state index contributed by atoms with van der Waals surface area (Å²) in [5, 5.41) is 0. The molecule has 0 aromatic carbocycles. The van der Waals surface area contributed by atoms with Gasteiger partial charge in [0, 0.05) is 19.3 Å². The van der Waals surface area contributed by atoms with Crippen LogP contribution in [0, 0.1) is 11.8 Å². The number of hydrogen-bond donors (Lipinski definition) is 0. The van der Waals surface area contributed by atoms with Gasteiger partial charge in [-0.05, 0) is 31.1 Å². The molecular weight excluding hydrogens is 829 g/mol. The van der Waals surface area contributed by atoms with E-state index in [1.165, 1.54) is 231 Å². The van der Waals surface area contributed by atoms with E-state index in [0.717, 1.165) is 69.6 Å². The van der Waals surface area contributed by atoms with E-state index in [4.69, 9.17) is 14.2 Å². The zero-order valence-corrected chi connectivity index (χ0v) is 46.0. The van der Waals surface area contributed by atoms with Gasteiger partial charge >= 0.3 is 17.9 Å². The topological polar surface area (TPSA) is 78.9 Å². The van der Waals surface area contributed by atoms with Crippen molar-refractivity contribution in [1.29, 1.82) is 0 Å². The van der Waals surface area contributed by atoms with Gasteiger partial charge in [-0.3, -0.25) is 14.4 Å². The Labute approximate surface area is 418 Å². The molecule has 398 valence electrons. The van der Waals surface area contributed by atoms with Gasteiger partial charge in [-0.25, -0.2) is 0 Å². The molecule has 0 aliphatic carbocycles. The Balaban J connectivity index is 4.18. The van der Waals surface area contributed by atoms with E-state index in [1.54, 1.807) is 0 Å². The van der Waals surface area contributed by atoms with Crippen LogP contribution >= 0.6 is 0 Å². The highest BCUT2D eigenvalue weighted by molar-refractivity contribution is 5.71. The predicted molar refractivity (Wildman–Crippen MR) is 289 cm³/mol. The second kappa shape index (κ2) is 53.8. The molecule has 0 heterocycles. The number of unbranched alkanes of at least 4 members (excludes halogenated alkanes) is 39. The zero-order valence-electron chi connectivity index (χ0n) is 46.0. The quantitative estimate of drug-likeness (QED) is 0.0343. The lowest BCUT2D eigenvalue weighted by molar-refractivity contribution is -0.167. The summed E-state index contributed by atoms with van der Waals surface area (Å²) in [7, 11) is 0. The van der Waals surface area contributed by atoms with Crippen LogP contribution in [0.15, 0.2) is 0 Å². The molecular formula is C61H118O6. The monoisotopic (exact) mass is 947 g/mol. The summed E-state index contributed by atoms with van der Waals surface area (Å²) in [6.45, 7) is 11.5. The Kier molecular flexibility index (Phi) is 52.5. The van der Waals surface area contributed by atoms with E-state index >= 15 is 0 Å². The predicted octanol–water partition coefficient (Wildman–Crippen LogP) is 20.0. The van der Waals surface area contributed by atoms with Crippen molar-refractivity contribution in [3.05, 3.63) is 0 Å². The molecule has 0 saturated heterocycles.